The molecule has 1 saturated heterocycles. The highest BCUT2D eigenvalue weighted by atomic mass is 15.4. The minimum absolute atomic E-state index is 0.201. The molecule has 0 aliphatic carbocycles. The summed E-state index contributed by atoms with van der Waals surface area (Å²) in [5.74, 6) is 2.13. The lowest BCUT2D eigenvalue weighted by Crippen LogP contribution is -2.48. The second kappa shape index (κ2) is 5.01. The monoisotopic (exact) mass is 257 g/mol. The summed E-state index contributed by atoms with van der Waals surface area (Å²) in [5, 5.41) is 7.31. The van der Waals surface area contributed by atoms with Gasteiger partial charge in [-0.15, -0.1) is 5.10 Å². The van der Waals surface area contributed by atoms with Crippen molar-refractivity contribution in [3.63, 3.8) is 0 Å². The number of nitrogens with two attached hydrogens (primary N) is 1. The van der Waals surface area contributed by atoms with E-state index in [1.807, 2.05) is 30.3 Å². The van der Waals surface area contributed by atoms with Gasteiger partial charge in [0.15, 0.2) is 5.82 Å². The summed E-state index contributed by atoms with van der Waals surface area (Å²) >= 11 is 0. The van der Waals surface area contributed by atoms with Gasteiger partial charge in [0.05, 0.1) is 0 Å². The fourth-order valence-electron chi connectivity index (χ4n) is 2.40. The predicted molar refractivity (Wildman–Crippen MR) is 75.8 cm³/mol. The molecule has 0 saturated carbocycles. The Morgan fingerprint density at radius 1 is 1.32 bits per heavy atom. The van der Waals surface area contributed by atoms with E-state index in [-0.39, 0.29) is 6.04 Å². The van der Waals surface area contributed by atoms with Crippen LogP contribution in [0.1, 0.15) is 13.3 Å². The van der Waals surface area contributed by atoms with Crippen molar-refractivity contribution in [1.82, 2.24) is 15.2 Å². The smallest absolute Gasteiger partial charge is 0.245 e. The molecule has 19 heavy (non-hydrogen) atoms. The maximum Gasteiger partial charge on any atom is 0.245 e. The third-order valence-corrected chi connectivity index (χ3v) is 3.82. The SMILES string of the molecule is CC1CCN(c2n[nH]c(-c3ccccc3)n2)CC1N. The Hall–Kier alpha value is -1.88. The first kappa shape index (κ1) is 12.2. The van der Waals surface area contributed by atoms with E-state index in [2.05, 4.69) is 27.0 Å². The lowest BCUT2D eigenvalue weighted by molar-refractivity contribution is 0.376. The number of nitrogens with one attached hydrogen (secondary N) is 1. The quantitative estimate of drug-likeness (QED) is 0.858. The number of anilines is 1. The van der Waals surface area contributed by atoms with Crippen molar-refractivity contribution in [1.29, 1.82) is 0 Å². The van der Waals surface area contributed by atoms with Crippen molar-refractivity contribution in [3.8, 4) is 11.4 Å². The molecule has 1 aliphatic rings. The van der Waals surface area contributed by atoms with E-state index in [9.17, 15) is 0 Å². The largest absolute Gasteiger partial charge is 0.338 e. The van der Waals surface area contributed by atoms with Gasteiger partial charge in [0.1, 0.15) is 0 Å². The molecule has 1 fully saturated rings. The maximum absolute atomic E-state index is 6.12. The Bertz CT molecular complexity index is 536. The summed E-state index contributed by atoms with van der Waals surface area (Å²) in [7, 11) is 0. The van der Waals surface area contributed by atoms with Gasteiger partial charge < -0.3 is 10.6 Å². The van der Waals surface area contributed by atoms with E-state index >= 15 is 0 Å². The molecule has 1 aromatic carbocycles. The molecule has 3 N–H and O–H groups in total. The lowest BCUT2D eigenvalue weighted by atomic mass is 9.95. The normalized spacial score (nSPS) is 23.6. The van der Waals surface area contributed by atoms with E-state index in [1.165, 1.54) is 0 Å². The molecule has 2 aromatic rings. The van der Waals surface area contributed by atoms with Gasteiger partial charge in [-0.25, -0.2) is 0 Å². The number of hydrogen-bond acceptors (Lipinski definition) is 4. The zero-order valence-electron chi connectivity index (χ0n) is 11.1. The summed E-state index contributed by atoms with van der Waals surface area (Å²) in [4.78, 5) is 6.73. The van der Waals surface area contributed by atoms with E-state index in [0.29, 0.717) is 5.92 Å². The van der Waals surface area contributed by atoms with Crippen LogP contribution < -0.4 is 10.6 Å². The van der Waals surface area contributed by atoms with Crippen molar-refractivity contribution in [3.05, 3.63) is 30.3 Å². The van der Waals surface area contributed by atoms with Crippen LogP contribution in [0.3, 0.4) is 0 Å². The Labute approximate surface area is 112 Å². The molecular formula is C14H19N5. The molecule has 5 nitrogen and oxygen atoms in total. The van der Waals surface area contributed by atoms with Crippen molar-refractivity contribution < 1.29 is 0 Å². The molecule has 0 radical (unpaired) electrons. The summed E-state index contributed by atoms with van der Waals surface area (Å²) in [6, 6.07) is 10.2. The molecule has 5 heteroatoms. The highest BCUT2D eigenvalue weighted by Crippen LogP contribution is 2.21. The van der Waals surface area contributed by atoms with Crippen LogP contribution in [-0.2, 0) is 0 Å². The molecule has 2 unspecified atom stereocenters. The first-order valence-corrected chi connectivity index (χ1v) is 6.72. The molecule has 100 valence electrons. The highest BCUT2D eigenvalue weighted by molar-refractivity contribution is 5.56. The fourth-order valence-corrected chi connectivity index (χ4v) is 2.40. The molecular weight excluding hydrogens is 238 g/mol. The number of aromatic amines is 1. The van der Waals surface area contributed by atoms with E-state index < -0.39 is 0 Å². The number of H-pyrrole nitrogens is 1. The first-order valence-electron chi connectivity index (χ1n) is 6.72. The third-order valence-electron chi connectivity index (χ3n) is 3.82. The van der Waals surface area contributed by atoms with Gasteiger partial charge in [-0.2, -0.15) is 4.98 Å². The van der Waals surface area contributed by atoms with Gasteiger partial charge in [0.2, 0.25) is 5.95 Å². The molecule has 0 spiro atoms. The standard InChI is InChI=1S/C14H19N5/c1-10-7-8-19(9-12(10)15)14-16-13(17-18-14)11-5-3-2-4-6-11/h2-6,10,12H,7-9,15H2,1H3,(H,16,17,18). The summed E-state index contributed by atoms with van der Waals surface area (Å²) < 4.78 is 0. The van der Waals surface area contributed by atoms with Gasteiger partial charge in [0, 0.05) is 24.7 Å². The molecule has 2 heterocycles. The van der Waals surface area contributed by atoms with Crippen LogP contribution in [0.2, 0.25) is 0 Å². The predicted octanol–water partition coefficient (Wildman–Crippen LogP) is 1.65. The number of rotatable bonds is 2. The minimum Gasteiger partial charge on any atom is -0.338 e. The van der Waals surface area contributed by atoms with Crippen LogP contribution in [0.15, 0.2) is 30.3 Å². The second-order valence-electron chi connectivity index (χ2n) is 5.23. The third kappa shape index (κ3) is 2.46. The number of aromatic nitrogens is 3. The van der Waals surface area contributed by atoms with Crippen LogP contribution in [-0.4, -0.2) is 34.3 Å². The second-order valence-corrected chi connectivity index (χ2v) is 5.23. The molecule has 1 aliphatic heterocycles. The van der Waals surface area contributed by atoms with Crippen molar-refractivity contribution in [2.24, 2.45) is 11.7 Å². The highest BCUT2D eigenvalue weighted by Gasteiger charge is 2.25. The van der Waals surface area contributed by atoms with Crippen LogP contribution in [0, 0.1) is 5.92 Å². The zero-order valence-corrected chi connectivity index (χ0v) is 11.1. The van der Waals surface area contributed by atoms with Crippen molar-refractivity contribution in [2.45, 2.75) is 19.4 Å². The van der Waals surface area contributed by atoms with Crippen molar-refractivity contribution >= 4 is 5.95 Å². The maximum atomic E-state index is 6.12. The summed E-state index contributed by atoms with van der Waals surface area (Å²) in [6.07, 6.45) is 1.09. The number of benzene rings is 1. The molecule has 2 atom stereocenters. The van der Waals surface area contributed by atoms with Gasteiger partial charge in [-0.05, 0) is 12.3 Å². The lowest BCUT2D eigenvalue weighted by Gasteiger charge is -2.34. The molecule has 3 rings (SSSR count). The first-order chi connectivity index (χ1) is 9.24. The van der Waals surface area contributed by atoms with Crippen LogP contribution in [0.5, 0.6) is 0 Å². The number of nitrogens with zero attached hydrogens (tertiary/aromatic N) is 3. The average Bonchev–Trinajstić information content (AvgIpc) is 2.93. The minimum atomic E-state index is 0.201. The van der Waals surface area contributed by atoms with Crippen LogP contribution in [0.4, 0.5) is 5.95 Å². The van der Waals surface area contributed by atoms with Gasteiger partial charge in [-0.1, -0.05) is 37.3 Å². The van der Waals surface area contributed by atoms with E-state index in [0.717, 1.165) is 36.8 Å². The van der Waals surface area contributed by atoms with Crippen molar-refractivity contribution in [2.75, 3.05) is 18.0 Å². The van der Waals surface area contributed by atoms with Crippen LogP contribution >= 0.6 is 0 Å². The average molecular weight is 257 g/mol. The Morgan fingerprint density at radius 2 is 2.11 bits per heavy atom. The van der Waals surface area contributed by atoms with E-state index in [1.54, 1.807) is 0 Å². The summed E-state index contributed by atoms with van der Waals surface area (Å²) in [5.41, 5.74) is 7.17. The van der Waals surface area contributed by atoms with Gasteiger partial charge >= 0.3 is 0 Å². The topological polar surface area (TPSA) is 70.8 Å². The number of piperidine rings is 1. The zero-order chi connectivity index (χ0) is 13.2. The Kier molecular flexibility index (Phi) is 3.21. The van der Waals surface area contributed by atoms with E-state index in [4.69, 9.17) is 5.73 Å². The molecule has 0 amide bonds. The molecule has 1 aromatic heterocycles. The fraction of sp³-hybridized carbons (Fsp3) is 0.429. The Morgan fingerprint density at radius 3 is 2.84 bits per heavy atom. The Balaban J connectivity index is 1.79. The van der Waals surface area contributed by atoms with Gasteiger partial charge in [0.25, 0.3) is 0 Å². The molecule has 0 bridgehead atoms. The number of hydrogen-bond donors (Lipinski definition) is 2. The summed E-state index contributed by atoms with van der Waals surface area (Å²) in [6.45, 7) is 4.00. The van der Waals surface area contributed by atoms with Crippen LogP contribution in [0.25, 0.3) is 11.4 Å². The van der Waals surface area contributed by atoms with Gasteiger partial charge in [-0.3, -0.25) is 5.10 Å².